The van der Waals surface area contributed by atoms with E-state index in [9.17, 15) is 17.6 Å². The van der Waals surface area contributed by atoms with Gasteiger partial charge in [-0.05, 0) is 43.3 Å². The molecule has 29 heavy (non-hydrogen) atoms. The number of carbonyl (C=O) groups is 1. The minimum absolute atomic E-state index is 0.304. The molecule has 0 saturated heterocycles. The van der Waals surface area contributed by atoms with Crippen LogP contribution in [0.3, 0.4) is 0 Å². The number of nitrogens with zero attached hydrogens (tertiary/aromatic N) is 1. The first-order valence-electron chi connectivity index (χ1n) is 8.64. The van der Waals surface area contributed by atoms with Crippen molar-refractivity contribution in [3.05, 3.63) is 63.9 Å². The van der Waals surface area contributed by atoms with Crippen LogP contribution in [-0.2, 0) is 20.6 Å². The van der Waals surface area contributed by atoms with Crippen molar-refractivity contribution in [2.75, 3.05) is 22.9 Å². The molecule has 158 valence electrons. The van der Waals surface area contributed by atoms with E-state index in [1.165, 1.54) is 24.8 Å². The zero-order valence-corrected chi connectivity index (χ0v) is 19.0. The Labute approximate surface area is 184 Å². The molecule has 2 aromatic carbocycles. The normalized spacial score (nSPS) is 12.4. The number of hydrogen-bond donors (Lipinski definition) is 1. The Bertz CT molecular complexity index is 936. The summed E-state index contributed by atoms with van der Waals surface area (Å²) < 4.78 is 39.2. The maximum absolute atomic E-state index is 13.7. The predicted molar refractivity (Wildman–Crippen MR) is 119 cm³/mol. The molecular weight excluding hydrogens is 458 g/mol. The molecule has 1 amide bonds. The molecule has 1 N–H and O–H groups in total. The van der Waals surface area contributed by atoms with Crippen LogP contribution in [0.1, 0.15) is 12.5 Å². The monoisotopic (exact) mass is 478 g/mol. The third kappa shape index (κ3) is 6.77. The van der Waals surface area contributed by atoms with E-state index in [1.807, 2.05) is 0 Å². The van der Waals surface area contributed by atoms with Gasteiger partial charge in [-0.2, -0.15) is 11.8 Å². The molecule has 2 aromatic rings. The van der Waals surface area contributed by atoms with Gasteiger partial charge in [0.2, 0.25) is 15.9 Å². The van der Waals surface area contributed by atoms with Gasteiger partial charge in [-0.15, -0.1) is 0 Å². The molecule has 0 aliphatic heterocycles. The topological polar surface area (TPSA) is 66.5 Å². The van der Waals surface area contributed by atoms with Crippen molar-refractivity contribution in [3.8, 4) is 0 Å². The van der Waals surface area contributed by atoms with Crippen LogP contribution in [0.4, 0.5) is 10.1 Å². The number of hydrogen-bond acceptors (Lipinski definition) is 4. The number of carbonyl (C=O) groups excluding carboxylic acids is 1. The largest absolute Gasteiger partial charge is 0.353 e. The summed E-state index contributed by atoms with van der Waals surface area (Å²) in [5.74, 6) is 0.0874. The lowest BCUT2D eigenvalue weighted by molar-refractivity contribution is -0.121. The van der Waals surface area contributed by atoms with Gasteiger partial charge in [0, 0.05) is 33.7 Å². The lowest BCUT2D eigenvalue weighted by atomic mass is 10.2. The van der Waals surface area contributed by atoms with Gasteiger partial charge in [0.1, 0.15) is 11.9 Å². The average Bonchev–Trinajstić information content (AvgIpc) is 2.64. The van der Waals surface area contributed by atoms with Gasteiger partial charge in [-0.1, -0.05) is 29.3 Å². The van der Waals surface area contributed by atoms with Crippen molar-refractivity contribution >= 4 is 56.6 Å². The van der Waals surface area contributed by atoms with Gasteiger partial charge in [-0.3, -0.25) is 9.10 Å². The fourth-order valence-corrected chi connectivity index (χ4v) is 5.13. The molecule has 2 rings (SSSR count). The van der Waals surface area contributed by atoms with Crippen LogP contribution in [-0.4, -0.2) is 38.9 Å². The van der Waals surface area contributed by atoms with Crippen LogP contribution >= 0.6 is 35.0 Å². The molecule has 0 radical (unpaired) electrons. The molecule has 0 fully saturated rings. The molecule has 0 unspecified atom stereocenters. The van der Waals surface area contributed by atoms with E-state index in [2.05, 4.69) is 5.32 Å². The lowest BCUT2D eigenvalue weighted by Crippen LogP contribution is -2.48. The Morgan fingerprint density at radius 1 is 1.21 bits per heavy atom. The Balaban J connectivity index is 1.92. The van der Waals surface area contributed by atoms with E-state index in [0.29, 0.717) is 39.3 Å². The summed E-state index contributed by atoms with van der Waals surface area (Å²) in [5.41, 5.74) is 0.771. The Kier molecular flexibility index (Phi) is 8.63. The summed E-state index contributed by atoms with van der Waals surface area (Å²) in [4.78, 5) is 12.5. The number of rotatable bonds is 9. The molecule has 0 bridgehead atoms. The zero-order valence-electron chi connectivity index (χ0n) is 15.9. The van der Waals surface area contributed by atoms with Crippen molar-refractivity contribution in [1.29, 1.82) is 0 Å². The molecule has 0 aliphatic carbocycles. The van der Waals surface area contributed by atoms with Crippen molar-refractivity contribution in [1.82, 2.24) is 5.32 Å². The third-order valence-corrected chi connectivity index (χ3v) is 6.86. The van der Waals surface area contributed by atoms with E-state index in [4.69, 9.17) is 23.2 Å². The van der Waals surface area contributed by atoms with Crippen LogP contribution in [0.25, 0.3) is 0 Å². The van der Waals surface area contributed by atoms with Gasteiger partial charge < -0.3 is 5.32 Å². The van der Waals surface area contributed by atoms with Crippen LogP contribution in [0.2, 0.25) is 10.0 Å². The number of amides is 1. The van der Waals surface area contributed by atoms with Crippen molar-refractivity contribution in [2.45, 2.75) is 18.7 Å². The second-order valence-electron chi connectivity index (χ2n) is 6.26. The predicted octanol–water partition coefficient (Wildman–Crippen LogP) is 4.34. The quantitative estimate of drug-likeness (QED) is 0.544. The van der Waals surface area contributed by atoms with Gasteiger partial charge >= 0.3 is 0 Å². The highest BCUT2D eigenvalue weighted by atomic mass is 35.5. The summed E-state index contributed by atoms with van der Waals surface area (Å²) in [6.07, 6.45) is 1.04. The third-order valence-electron chi connectivity index (χ3n) is 4.02. The first-order chi connectivity index (χ1) is 13.6. The zero-order chi connectivity index (χ0) is 21.6. The molecule has 0 heterocycles. The van der Waals surface area contributed by atoms with Crippen LogP contribution in [0.15, 0.2) is 42.5 Å². The standard InChI is InChI=1S/C19H21Cl2FN2O3S2/c1-13(24(29(2,26)27)15-8-6-14(20)7-9-15)19(25)23-10-11-28-12-16-17(21)4-3-5-18(16)22/h3-9,13H,10-12H2,1-2H3,(H,23,25)/t13-/m0/s1. The lowest BCUT2D eigenvalue weighted by Gasteiger charge is -2.28. The number of anilines is 1. The highest BCUT2D eigenvalue weighted by Gasteiger charge is 2.28. The summed E-state index contributed by atoms with van der Waals surface area (Å²) in [6.45, 7) is 1.81. The number of nitrogens with one attached hydrogen (secondary N) is 1. The van der Waals surface area contributed by atoms with Crippen molar-refractivity contribution < 1.29 is 17.6 Å². The smallest absolute Gasteiger partial charge is 0.243 e. The second kappa shape index (κ2) is 10.5. The summed E-state index contributed by atoms with van der Waals surface area (Å²) >= 11 is 13.3. The summed E-state index contributed by atoms with van der Waals surface area (Å²) in [6, 6.07) is 9.78. The van der Waals surface area contributed by atoms with Gasteiger partial charge in [-0.25, -0.2) is 12.8 Å². The van der Waals surface area contributed by atoms with Crippen molar-refractivity contribution in [2.24, 2.45) is 0 Å². The maximum atomic E-state index is 13.7. The van der Waals surface area contributed by atoms with Crippen LogP contribution in [0.5, 0.6) is 0 Å². The van der Waals surface area contributed by atoms with Gasteiger partial charge in [0.25, 0.3) is 0 Å². The van der Waals surface area contributed by atoms with Crippen LogP contribution in [0, 0.1) is 5.82 Å². The number of sulfonamides is 1. The van der Waals surface area contributed by atoms with E-state index in [1.54, 1.807) is 36.4 Å². The van der Waals surface area contributed by atoms with Gasteiger partial charge in [0.15, 0.2) is 0 Å². The van der Waals surface area contributed by atoms with E-state index in [0.717, 1.165) is 10.6 Å². The Hall–Kier alpha value is -1.48. The minimum Gasteiger partial charge on any atom is -0.353 e. The Morgan fingerprint density at radius 2 is 1.86 bits per heavy atom. The summed E-state index contributed by atoms with van der Waals surface area (Å²) in [7, 11) is -3.69. The average molecular weight is 479 g/mol. The molecule has 0 spiro atoms. The fraction of sp³-hybridized carbons (Fsp3) is 0.316. The summed E-state index contributed by atoms with van der Waals surface area (Å²) in [5, 5.41) is 3.54. The minimum atomic E-state index is -3.69. The Morgan fingerprint density at radius 3 is 2.45 bits per heavy atom. The van der Waals surface area contributed by atoms with E-state index >= 15 is 0 Å². The molecule has 0 aromatic heterocycles. The second-order valence-corrected chi connectivity index (χ2v) is 10.1. The molecule has 0 saturated carbocycles. The molecular formula is C19H21Cl2FN2O3S2. The fourth-order valence-electron chi connectivity index (χ4n) is 2.64. The highest BCUT2D eigenvalue weighted by Crippen LogP contribution is 2.24. The first kappa shape index (κ1) is 23.8. The molecule has 10 heteroatoms. The van der Waals surface area contributed by atoms with Crippen LogP contribution < -0.4 is 9.62 Å². The molecule has 0 aliphatic rings. The SMILES string of the molecule is C[C@@H](C(=O)NCCSCc1c(F)cccc1Cl)N(c1ccc(Cl)cc1)S(C)(=O)=O. The number of thioether (sulfide) groups is 1. The highest BCUT2D eigenvalue weighted by molar-refractivity contribution is 7.98. The van der Waals surface area contributed by atoms with Gasteiger partial charge in [0.05, 0.1) is 11.9 Å². The first-order valence-corrected chi connectivity index (χ1v) is 12.4. The van der Waals surface area contributed by atoms with E-state index in [-0.39, 0.29) is 5.82 Å². The van der Waals surface area contributed by atoms with E-state index < -0.39 is 22.0 Å². The maximum Gasteiger partial charge on any atom is 0.243 e. The van der Waals surface area contributed by atoms with Crippen molar-refractivity contribution in [3.63, 3.8) is 0 Å². The number of halogens is 3. The molecule has 5 nitrogen and oxygen atoms in total. The molecule has 1 atom stereocenters. The number of benzene rings is 2.